The van der Waals surface area contributed by atoms with Crippen LogP contribution in [0.2, 0.25) is 0 Å². The van der Waals surface area contributed by atoms with Gasteiger partial charge in [-0.3, -0.25) is 14.7 Å². The summed E-state index contributed by atoms with van der Waals surface area (Å²) in [5, 5.41) is 11.2. The molecule has 1 aliphatic heterocycles. The van der Waals surface area contributed by atoms with E-state index in [9.17, 15) is 9.59 Å². The van der Waals surface area contributed by atoms with Gasteiger partial charge < -0.3 is 9.64 Å². The van der Waals surface area contributed by atoms with Crippen molar-refractivity contribution < 1.29 is 9.53 Å². The highest BCUT2D eigenvalue weighted by Crippen LogP contribution is 2.20. The van der Waals surface area contributed by atoms with Crippen LogP contribution in [0.1, 0.15) is 48.5 Å². The Morgan fingerprint density at radius 1 is 1.40 bits per heavy atom. The Hall–Kier alpha value is -2.55. The van der Waals surface area contributed by atoms with Gasteiger partial charge in [0.2, 0.25) is 0 Å². The molecule has 0 aliphatic carbocycles. The number of aryl methyl sites for hydroxylation is 2. The van der Waals surface area contributed by atoms with Crippen LogP contribution in [0.3, 0.4) is 0 Å². The molecule has 0 saturated carbocycles. The van der Waals surface area contributed by atoms with Gasteiger partial charge in [0.1, 0.15) is 17.6 Å². The van der Waals surface area contributed by atoms with Crippen molar-refractivity contribution in [1.82, 2.24) is 29.9 Å². The van der Waals surface area contributed by atoms with E-state index < -0.39 is 0 Å². The number of rotatable bonds is 5. The number of H-pyrrole nitrogens is 1. The van der Waals surface area contributed by atoms with Gasteiger partial charge in [0, 0.05) is 25.6 Å². The number of morpholine rings is 1. The van der Waals surface area contributed by atoms with Gasteiger partial charge in [-0.25, -0.2) is 9.67 Å². The van der Waals surface area contributed by atoms with Gasteiger partial charge >= 0.3 is 0 Å². The Morgan fingerprint density at radius 2 is 2.24 bits per heavy atom. The first-order valence-corrected chi connectivity index (χ1v) is 8.52. The zero-order valence-electron chi connectivity index (χ0n) is 14.4. The van der Waals surface area contributed by atoms with E-state index in [2.05, 4.69) is 27.2 Å². The highest BCUT2D eigenvalue weighted by Gasteiger charge is 2.29. The number of hydrogen-bond donors (Lipinski definition) is 1. The maximum absolute atomic E-state index is 12.7. The van der Waals surface area contributed by atoms with Crippen molar-refractivity contribution in [3.05, 3.63) is 39.8 Å². The Morgan fingerprint density at radius 3 is 3.00 bits per heavy atom. The minimum atomic E-state index is -0.364. The molecular weight excluding hydrogens is 324 g/mol. The van der Waals surface area contributed by atoms with Gasteiger partial charge in [0.15, 0.2) is 5.82 Å². The molecule has 0 bridgehead atoms. The molecule has 1 N–H and O–H groups in total. The number of aromatic nitrogens is 5. The monoisotopic (exact) mass is 346 g/mol. The molecule has 0 aromatic carbocycles. The van der Waals surface area contributed by atoms with E-state index in [1.165, 1.54) is 16.8 Å². The fourth-order valence-electron chi connectivity index (χ4n) is 2.74. The van der Waals surface area contributed by atoms with E-state index in [4.69, 9.17) is 4.74 Å². The summed E-state index contributed by atoms with van der Waals surface area (Å²) in [5.41, 5.74) is 0.0341. The molecule has 1 aliphatic rings. The summed E-state index contributed by atoms with van der Waals surface area (Å²) < 4.78 is 7.00. The Kier molecular flexibility index (Phi) is 5.22. The topological polar surface area (TPSA) is 106 Å². The lowest BCUT2D eigenvalue weighted by atomic mass is 10.2. The highest BCUT2D eigenvalue weighted by atomic mass is 16.5. The summed E-state index contributed by atoms with van der Waals surface area (Å²) in [6, 6.07) is 2.83. The summed E-state index contributed by atoms with van der Waals surface area (Å²) in [6.07, 6.45) is 1.44. The largest absolute Gasteiger partial charge is 0.366 e. The molecule has 9 heteroatoms. The van der Waals surface area contributed by atoms with Crippen molar-refractivity contribution in [2.75, 3.05) is 19.7 Å². The van der Waals surface area contributed by atoms with Crippen LogP contribution in [0.5, 0.6) is 0 Å². The predicted octanol–water partition coefficient (Wildman–Crippen LogP) is 0.547. The fourth-order valence-corrected chi connectivity index (χ4v) is 2.74. The molecule has 2 aromatic heterocycles. The summed E-state index contributed by atoms with van der Waals surface area (Å²) in [5.74, 6) is 1.16. The normalized spacial score (nSPS) is 17.7. The number of carbonyl (C=O) groups excluding carboxylic acids is 1. The average molecular weight is 346 g/mol. The maximum atomic E-state index is 12.7. The van der Waals surface area contributed by atoms with E-state index in [0.29, 0.717) is 32.1 Å². The molecule has 1 fully saturated rings. The number of amides is 1. The third-order valence-electron chi connectivity index (χ3n) is 4.06. The molecule has 1 saturated heterocycles. The van der Waals surface area contributed by atoms with Gasteiger partial charge in [0.05, 0.1) is 13.2 Å². The van der Waals surface area contributed by atoms with E-state index >= 15 is 0 Å². The van der Waals surface area contributed by atoms with Crippen LogP contribution < -0.4 is 5.56 Å². The van der Waals surface area contributed by atoms with E-state index in [1.54, 1.807) is 4.90 Å². The molecule has 9 nitrogen and oxygen atoms in total. The summed E-state index contributed by atoms with van der Waals surface area (Å²) in [4.78, 5) is 30.4. The standard InChI is InChI=1S/C16H22N6O3/c1-3-5-13-17-15(19-18-13)12-10-21(8-9-25-12)16(24)11-6-7-14(23)22(4-2)20-11/h6-7,12H,3-5,8-10H2,1-2H3,(H,17,18,19)/t12-/m0/s1. The molecule has 1 atom stereocenters. The Balaban J connectivity index is 1.74. The molecule has 2 aromatic rings. The molecule has 3 rings (SSSR count). The number of aromatic amines is 1. The van der Waals surface area contributed by atoms with Crippen molar-refractivity contribution in [3.63, 3.8) is 0 Å². The zero-order chi connectivity index (χ0) is 17.8. The lowest BCUT2D eigenvalue weighted by Gasteiger charge is -2.31. The molecular formula is C16H22N6O3. The van der Waals surface area contributed by atoms with Crippen molar-refractivity contribution in [2.45, 2.75) is 39.3 Å². The molecule has 0 radical (unpaired) electrons. The van der Waals surface area contributed by atoms with E-state index in [1.807, 2.05) is 6.92 Å². The predicted molar refractivity (Wildman–Crippen MR) is 89.1 cm³/mol. The Bertz CT molecular complexity index is 799. The van der Waals surface area contributed by atoms with E-state index in [0.717, 1.165) is 18.7 Å². The zero-order valence-corrected chi connectivity index (χ0v) is 14.4. The second-order valence-corrected chi connectivity index (χ2v) is 5.87. The van der Waals surface area contributed by atoms with Gasteiger partial charge in [-0.15, -0.1) is 0 Å². The summed E-state index contributed by atoms with van der Waals surface area (Å²) in [7, 11) is 0. The van der Waals surface area contributed by atoms with Gasteiger partial charge in [0.25, 0.3) is 11.5 Å². The van der Waals surface area contributed by atoms with Crippen LogP contribution in [0.25, 0.3) is 0 Å². The third kappa shape index (κ3) is 3.76. The average Bonchev–Trinajstić information content (AvgIpc) is 3.11. The molecule has 25 heavy (non-hydrogen) atoms. The number of carbonyl (C=O) groups is 1. The molecule has 134 valence electrons. The number of hydrogen-bond acceptors (Lipinski definition) is 6. The maximum Gasteiger partial charge on any atom is 0.274 e. The first kappa shape index (κ1) is 17.3. The second kappa shape index (κ2) is 7.56. The molecule has 3 heterocycles. The number of nitrogens with one attached hydrogen (secondary N) is 1. The number of nitrogens with zero attached hydrogens (tertiary/aromatic N) is 5. The lowest BCUT2D eigenvalue weighted by molar-refractivity contribution is -0.0269. The SMILES string of the molecule is CCCc1nc([C@@H]2CN(C(=O)c3ccc(=O)n(CC)n3)CCO2)n[nH]1. The fraction of sp³-hybridized carbons (Fsp3) is 0.562. The minimum Gasteiger partial charge on any atom is -0.366 e. The van der Waals surface area contributed by atoms with Crippen LogP contribution in [-0.2, 0) is 17.7 Å². The van der Waals surface area contributed by atoms with Crippen LogP contribution in [0, 0.1) is 0 Å². The quantitative estimate of drug-likeness (QED) is 0.847. The minimum absolute atomic E-state index is 0.219. The smallest absolute Gasteiger partial charge is 0.274 e. The number of ether oxygens (including phenoxy) is 1. The van der Waals surface area contributed by atoms with Crippen LogP contribution in [0.4, 0.5) is 0 Å². The van der Waals surface area contributed by atoms with Crippen molar-refractivity contribution in [3.8, 4) is 0 Å². The second-order valence-electron chi connectivity index (χ2n) is 5.87. The molecule has 1 amide bonds. The van der Waals surface area contributed by atoms with Gasteiger partial charge in [-0.2, -0.15) is 10.2 Å². The third-order valence-corrected chi connectivity index (χ3v) is 4.06. The van der Waals surface area contributed by atoms with E-state index in [-0.39, 0.29) is 23.3 Å². The van der Waals surface area contributed by atoms with Gasteiger partial charge in [-0.1, -0.05) is 6.92 Å². The first-order valence-electron chi connectivity index (χ1n) is 8.52. The van der Waals surface area contributed by atoms with Crippen LogP contribution in [0.15, 0.2) is 16.9 Å². The highest BCUT2D eigenvalue weighted by molar-refractivity contribution is 5.92. The lowest BCUT2D eigenvalue weighted by Crippen LogP contribution is -2.43. The van der Waals surface area contributed by atoms with Crippen molar-refractivity contribution >= 4 is 5.91 Å². The first-order chi connectivity index (χ1) is 12.1. The summed E-state index contributed by atoms with van der Waals surface area (Å²) >= 11 is 0. The van der Waals surface area contributed by atoms with Gasteiger partial charge in [-0.05, 0) is 19.4 Å². The van der Waals surface area contributed by atoms with Crippen LogP contribution in [-0.4, -0.2) is 55.5 Å². The van der Waals surface area contributed by atoms with Crippen molar-refractivity contribution in [2.24, 2.45) is 0 Å². The summed E-state index contributed by atoms with van der Waals surface area (Å²) in [6.45, 7) is 5.53. The van der Waals surface area contributed by atoms with Crippen LogP contribution >= 0.6 is 0 Å². The Labute approximate surface area is 145 Å². The molecule has 0 unspecified atom stereocenters. The molecule has 0 spiro atoms. The van der Waals surface area contributed by atoms with Crippen molar-refractivity contribution in [1.29, 1.82) is 0 Å².